The van der Waals surface area contributed by atoms with Crippen molar-refractivity contribution < 1.29 is 33.8 Å². The van der Waals surface area contributed by atoms with Gasteiger partial charge < -0.3 is 24.7 Å². The third kappa shape index (κ3) is 2.99. The zero-order valence-corrected chi connectivity index (χ0v) is 8.37. The first-order valence-electron chi connectivity index (χ1n) is 4.03. The first-order valence-corrected chi connectivity index (χ1v) is 5.56. The lowest BCUT2D eigenvalue weighted by atomic mass is 10.0. The van der Waals surface area contributed by atoms with Crippen LogP contribution in [0.4, 0.5) is 0 Å². The van der Waals surface area contributed by atoms with Crippen molar-refractivity contribution in [2.24, 2.45) is 0 Å². The number of phosphoric ester groups is 1. The molecule has 1 aliphatic rings. The minimum atomic E-state index is -4.69. The Morgan fingerprint density at radius 3 is 2.50 bits per heavy atom. The van der Waals surface area contributed by atoms with Gasteiger partial charge in [0, 0.05) is 0 Å². The van der Waals surface area contributed by atoms with Gasteiger partial charge in [-0.2, -0.15) is 0 Å². The first kappa shape index (κ1) is 12.1. The van der Waals surface area contributed by atoms with Gasteiger partial charge in [0.05, 0.1) is 12.7 Å². The van der Waals surface area contributed by atoms with E-state index >= 15 is 0 Å². The van der Waals surface area contributed by atoms with E-state index in [1.54, 1.807) is 0 Å². The van der Waals surface area contributed by atoms with Crippen molar-refractivity contribution in [3.63, 3.8) is 0 Å². The van der Waals surface area contributed by atoms with Crippen molar-refractivity contribution in [3.8, 4) is 0 Å². The zero-order valence-electron chi connectivity index (χ0n) is 7.48. The molecule has 0 saturated carbocycles. The number of hydrogen-bond acceptors (Lipinski definition) is 5. The maximum atomic E-state index is 10.5. The zero-order chi connectivity index (χ0) is 10.9. The molecule has 1 fully saturated rings. The summed E-state index contributed by atoms with van der Waals surface area (Å²) in [5, 5.41) is 18.5. The molecule has 0 aromatic rings. The molecule has 0 bridgehead atoms. The van der Waals surface area contributed by atoms with Gasteiger partial charge >= 0.3 is 7.82 Å². The van der Waals surface area contributed by atoms with E-state index in [1.807, 2.05) is 0 Å². The highest BCUT2D eigenvalue weighted by molar-refractivity contribution is 7.46. The standard InChI is InChI=1S/C6H13O7P/c1-3-6(13-14(9,10)11)5(8)4(7)2-12-3/h3-8H,2H2,1H3,(H2,9,10,11)/t3-,4+,5-,6+/m0/s1. The van der Waals surface area contributed by atoms with Crippen LogP contribution in [-0.2, 0) is 13.8 Å². The smallest absolute Gasteiger partial charge is 0.388 e. The van der Waals surface area contributed by atoms with Gasteiger partial charge in [-0.1, -0.05) is 0 Å². The Kier molecular flexibility index (Phi) is 3.65. The van der Waals surface area contributed by atoms with Crippen LogP contribution in [0.2, 0.25) is 0 Å². The fourth-order valence-electron chi connectivity index (χ4n) is 1.25. The van der Waals surface area contributed by atoms with Crippen LogP contribution < -0.4 is 0 Å². The summed E-state index contributed by atoms with van der Waals surface area (Å²) in [6.45, 7) is 1.42. The third-order valence-electron chi connectivity index (χ3n) is 1.98. The van der Waals surface area contributed by atoms with Crippen molar-refractivity contribution in [2.75, 3.05) is 6.61 Å². The van der Waals surface area contributed by atoms with Crippen LogP contribution in [0.15, 0.2) is 0 Å². The SMILES string of the molecule is C[C@@H]1OC[C@@H](O)[C@H](O)[C@@H]1OP(=O)(O)O. The number of hydrogen-bond donors (Lipinski definition) is 4. The molecule has 4 atom stereocenters. The van der Waals surface area contributed by atoms with E-state index in [1.165, 1.54) is 6.92 Å². The first-order chi connectivity index (χ1) is 6.31. The summed E-state index contributed by atoms with van der Waals surface area (Å²) in [7, 11) is -4.69. The van der Waals surface area contributed by atoms with Gasteiger partial charge in [0.1, 0.15) is 18.3 Å². The third-order valence-corrected chi connectivity index (χ3v) is 2.50. The van der Waals surface area contributed by atoms with E-state index in [-0.39, 0.29) is 6.61 Å². The highest BCUT2D eigenvalue weighted by Gasteiger charge is 2.40. The Hall–Kier alpha value is -0.0100. The molecular weight excluding hydrogens is 215 g/mol. The molecule has 8 heteroatoms. The van der Waals surface area contributed by atoms with E-state index < -0.39 is 32.2 Å². The normalized spacial score (nSPS) is 39.8. The lowest BCUT2D eigenvalue weighted by Crippen LogP contribution is -2.52. The van der Waals surface area contributed by atoms with Crippen LogP contribution in [0.5, 0.6) is 0 Å². The summed E-state index contributed by atoms with van der Waals surface area (Å²) in [6.07, 6.45) is -4.45. The average Bonchev–Trinajstić information content (AvgIpc) is 2.04. The second-order valence-electron chi connectivity index (χ2n) is 3.16. The molecule has 84 valence electrons. The Labute approximate surface area is 80.5 Å². The average molecular weight is 228 g/mol. The molecule has 1 aliphatic heterocycles. The maximum Gasteiger partial charge on any atom is 0.470 e. The van der Waals surface area contributed by atoms with Gasteiger partial charge in [-0.25, -0.2) is 4.57 Å². The highest BCUT2D eigenvalue weighted by Crippen LogP contribution is 2.40. The molecule has 0 unspecified atom stereocenters. The van der Waals surface area contributed by atoms with Gasteiger partial charge in [0.25, 0.3) is 0 Å². The summed E-state index contributed by atoms with van der Waals surface area (Å²) < 4.78 is 19.8. The Morgan fingerprint density at radius 2 is 2.00 bits per heavy atom. The molecule has 0 aromatic heterocycles. The minimum absolute atomic E-state index is 0.0800. The van der Waals surface area contributed by atoms with Crippen LogP contribution in [0.25, 0.3) is 0 Å². The predicted molar refractivity (Wildman–Crippen MR) is 44.3 cm³/mol. The molecule has 14 heavy (non-hydrogen) atoms. The van der Waals surface area contributed by atoms with Crippen molar-refractivity contribution in [1.29, 1.82) is 0 Å². The van der Waals surface area contributed by atoms with Gasteiger partial charge in [0.15, 0.2) is 0 Å². The van der Waals surface area contributed by atoms with Crippen molar-refractivity contribution in [1.82, 2.24) is 0 Å². The monoisotopic (exact) mass is 228 g/mol. The van der Waals surface area contributed by atoms with E-state index in [2.05, 4.69) is 4.52 Å². The van der Waals surface area contributed by atoms with E-state index in [9.17, 15) is 9.67 Å². The second kappa shape index (κ2) is 4.24. The van der Waals surface area contributed by atoms with E-state index in [4.69, 9.17) is 19.6 Å². The molecular formula is C6H13O7P. The largest absolute Gasteiger partial charge is 0.470 e. The van der Waals surface area contributed by atoms with Crippen LogP contribution in [-0.4, -0.2) is 51.0 Å². The second-order valence-corrected chi connectivity index (χ2v) is 4.35. The number of phosphoric acid groups is 1. The molecule has 1 saturated heterocycles. The number of rotatable bonds is 2. The van der Waals surface area contributed by atoms with Crippen LogP contribution in [0.1, 0.15) is 6.92 Å². The quantitative estimate of drug-likeness (QED) is 0.429. The van der Waals surface area contributed by atoms with Gasteiger partial charge in [-0.3, -0.25) is 4.52 Å². The summed E-state index contributed by atoms with van der Waals surface area (Å²) >= 11 is 0. The fourth-order valence-corrected chi connectivity index (χ4v) is 1.86. The molecule has 0 spiro atoms. The Balaban J connectivity index is 2.68. The lowest BCUT2D eigenvalue weighted by Gasteiger charge is -2.36. The van der Waals surface area contributed by atoms with Gasteiger partial charge in [-0.15, -0.1) is 0 Å². The summed E-state index contributed by atoms with van der Waals surface area (Å²) in [6, 6.07) is 0. The number of aliphatic hydroxyl groups excluding tert-OH is 2. The lowest BCUT2D eigenvalue weighted by molar-refractivity contribution is -0.177. The van der Waals surface area contributed by atoms with Crippen molar-refractivity contribution in [3.05, 3.63) is 0 Å². The Morgan fingerprint density at radius 1 is 1.43 bits per heavy atom. The molecule has 7 nitrogen and oxygen atoms in total. The summed E-state index contributed by atoms with van der Waals surface area (Å²) in [5.41, 5.74) is 0. The van der Waals surface area contributed by atoms with Crippen LogP contribution >= 0.6 is 7.82 Å². The molecule has 0 aromatic carbocycles. The van der Waals surface area contributed by atoms with E-state index in [0.717, 1.165) is 0 Å². The van der Waals surface area contributed by atoms with Crippen molar-refractivity contribution in [2.45, 2.75) is 31.3 Å². The van der Waals surface area contributed by atoms with E-state index in [0.29, 0.717) is 0 Å². The molecule has 0 aliphatic carbocycles. The number of aliphatic hydroxyl groups is 2. The maximum absolute atomic E-state index is 10.5. The van der Waals surface area contributed by atoms with Gasteiger partial charge in [0.2, 0.25) is 0 Å². The topological polar surface area (TPSA) is 116 Å². The fraction of sp³-hybridized carbons (Fsp3) is 1.00. The molecule has 4 N–H and O–H groups in total. The minimum Gasteiger partial charge on any atom is -0.388 e. The summed E-state index contributed by atoms with van der Waals surface area (Å²) in [5.74, 6) is 0. The summed E-state index contributed by atoms with van der Waals surface area (Å²) in [4.78, 5) is 17.1. The van der Waals surface area contributed by atoms with Crippen LogP contribution in [0, 0.1) is 0 Å². The number of ether oxygens (including phenoxy) is 1. The molecule has 0 radical (unpaired) electrons. The Bertz CT molecular complexity index is 238. The van der Waals surface area contributed by atoms with Crippen molar-refractivity contribution >= 4 is 7.82 Å². The molecule has 1 heterocycles. The highest BCUT2D eigenvalue weighted by atomic mass is 31.2. The van der Waals surface area contributed by atoms with Crippen LogP contribution in [0.3, 0.4) is 0 Å². The predicted octanol–water partition coefficient (Wildman–Crippen LogP) is -1.40. The molecule has 0 amide bonds. The molecule has 1 rings (SSSR count). The van der Waals surface area contributed by atoms with Gasteiger partial charge in [-0.05, 0) is 6.92 Å².